The van der Waals surface area contributed by atoms with E-state index >= 15 is 0 Å². The Hall–Kier alpha value is -1.51. The van der Waals surface area contributed by atoms with E-state index < -0.39 is 0 Å². The molecule has 0 bridgehead atoms. The number of hydrogen-bond acceptors (Lipinski definition) is 2. The zero-order chi connectivity index (χ0) is 8.39. The summed E-state index contributed by atoms with van der Waals surface area (Å²) < 4.78 is 5.22. The number of para-hydroxylation sites is 1. The zero-order valence-corrected chi connectivity index (χ0v) is 6.49. The van der Waals surface area contributed by atoms with Crippen molar-refractivity contribution in [3.63, 3.8) is 0 Å². The van der Waals surface area contributed by atoms with Crippen LogP contribution in [0.15, 0.2) is 24.3 Å². The quantitative estimate of drug-likeness (QED) is 0.563. The molecule has 0 spiro atoms. The molecule has 0 N–H and O–H groups in total. The molecule has 0 atom stereocenters. The summed E-state index contributed by atoms with van der Waals surface area (Å²) in [4.78, 5) is 10.9. The normalized spacial score (nSPS) is 15.5. The number of nitrogens with zero attached hydrogens (tertiary/aromatic N) is 1. The van der Waals surface area contributed by atoms with Gasteiger partial charge in [-0.1, -0.05) is 18.2 Å². The van der Waals surface area contributed by atoms with Gasteiger partial charge in [0.2, 0.25) is 0 Å². The highest BCUT2D eigenvalue weighted by atomic mass is 16.5. The van der Waals surface area contributed by atoms with Crippen molar-refractivity contribution < 1.29 is 9.53 Å². The van der Waals surface area contributed by atoms with Crippen molar-refractivity contribution in [3.8, 4) is 5.75 Å². The highest BCUT2D eigenvalue weighted by Crippen LogP contribution is 2.19. The van der Waals surface area contributed by atoms with Crippen LogP contribution in [0.3, 0.4) is 0 Å². The zero-order valence-electron chi connectivity index (χ0n) is 6.49. The van der Waals surface area contributed by atoms with Gasteiger partial charge in [-0.15, -0.1) is 0 Å². The monoisotopic (exact) mass is 162 g/mol. The van der Waals surface area contributed by atoms with Crippen molar-refractivity contribution in [3.05, 3.63) is 29.8 Å². The largest absolute Gasteiger partial charge is 0.483 e. The number of hydrogen-bond donors (Lipinski definition) is 0. The first-order chi connectivity index (χ1) is 5.86. The summed E-state index contributed by atoms with van der Waals surface area (Å²) in [6.45, 7) is 0.506. The van der Waals surface area contributed by atoms with Gasteiger partial charge >= 0.3 is 0 Å². The molecule has 1 aromatic rings. The second kappa shape index (κ2) is 2.85. The summed E-state index contributed by atoms with van der Waals surface area (Å²) in [6, 6.07) is 7.56. The van der Waals surface area contributed by atoms with Gasteiger partial charge in [0.25, 0.3) is 5.91 Å². The van der Waals surface area contributed by atoms with E-state index in [1.807, 2.05) is 24.3 Å². The average Bonchev–Trinajstić information content (AvgIpc) is 2.29. The third kappa shape index (κ3) is 1.25. The van der Waals surface area contributed by atoms with Crippen LogP contribution in [-0.2, 0) is 11.3 Å². The molecule has 3 nitrogen and oxygen atoms in total. The molecular weight excluding hydrogens is 154 g/mol. The van der Waals surface area contributed by atoms with Crippen LogP contribution in [0.1, 0.15) is 5.56 Å². The van der Waals surface area contributed by atoms with Crippen LogP contribution in [0.4, 0.5) is 0 Å². The van der Waals surface area contributed by atoms with Crippen molar-refractivity contribution in [2.24, 2.45) is 0 Å². The lowest BCUT2D eigenvalue weighted by Gasteiger charge is -2.02. The molecule has 12 heavy (non-hydrogen) atoms. The first-order valence-electron chi connectivity index (χ1n) is 3.77. The molecular formula is C9H8NO2. The molecule has 0 fully saturated rings. The lowest BCUT2D eigenvalue weighted by atomic mass is 10.2. The summed E-state index contributed by atoms with van der Waals surface area (Å²) in [7, 11) is 0. The molecule has 3 heteroatoms. The topological polar surface area (TPSA) is 40.4 Å². The Kier molecular flexibility index (Phi) is 1.70. The fraction of sp³-hybridized carbons (Fsp3) is 0.222. The standard InChI is InChI=1S/C9H8NO2/c11-9-6-12-8-4-2-1-3-7(8)5-10-9/h1-4H,5-6H2. The molecule has 1 aromatic carbocycles. The van der Waals surface area contributed by atoms with Gasteiger partial charge in [0.1, 0.15) is 5.75 Å². The Bertz CT molecular complexity index is 280. The first-order valence-corrected chi connectivity index (χ1v) is 3.77. The molecule has 1 aliphatic rings. The second-order valence-corrected chi connectivity index (χ2v) is 2.61. The fourth-order valence-electron chi connectivity index (χ4n) is 1.13. The Morgan fingerprint density at radius 2 is 2.17 bits per heavy atom. The summed E-state index contributed by atoms with van der Waals surface area (Å²) in [5.41, 5.74) is 0.975. The Labute approximate surface area is 70.3 Å². The molecule has 61 valence electrons. The van der Waals surface area contributed by atoms with E-state index in [0.717, 1.165) is 11.3 Å². The van der Waals surface area contributed by atoms with Crippen molar-refractivity contribution in [2.45, 2.75) is 6.54 Å². The van der Waals surface area contributed by atoms with Gasteiger partial charge in [0.05, 0.1) is 6.54 Å². The van der Waals surface area contributed by atoms with Crippen LogP contribution >= 0.6 is 0 Å². The molecule has 1 aliphatic heterocycles. The van der Waals surface area contributed by atoms with E-state index in [4.69, 9.17) is 4.74 Å². The number of benzene rings is 1. The maximum absolute atomic E-state index is 10.9. The van der Waals surface area contributed by atoms with E-state index in [9.17, 15) is 4.79 Å². The minimum Gasteiger partial charge on any atom is -0.483 e. The van der Waals surface area contributed by atoms with E-state index in [0.29, 0.717) is 6.54 Å². The van der Waals surface area contributed by atoms with Crippen LogP contribution in [0.5, 0.6) is 5.75 Å². The highest BCUT2D eigenvalue weighted by molar-refractivity contribution is 5.77. The number of carbonyl (C=O) groups excluding carboxylic acids is 1. The minimum absolute atomic E-state index is 0.0665. The smallest absolute Gasteiger partial charge is 0.279 e. The molecule has 0 unspecified atom stereocenters. The van der Waals surface area contributed by atoms with Crippen LogP contribution in [-0.4, -0.2) is 12.5 Å². The third-order valence-corrected chi connectivity index (χ3v) is 1.75. The Morgan fingerprint density at radius 1 is 1.33 bits per heavy atom. The van der Waals surface area contributed by atoms with Gasteiger partial charge in [-0.3, -0.25) is 4.79 Å². The molecule has 0 saturated carbocycles. The van der Waals surface area contributed by atoms with Gasteiger partial charge in [0, 0.05) is 5.56 Å². The highest BCUT2D eigenvalue weighted by Gasteiger charge is 2.12. The first kappa shape index (κ1) is 7.16. The second-order valence-electron chi connectivity index (χ2n) is 2.61. The van der Waals surface area contributed by atoms with Crippen molar-refractivity contribution >= 4 is 5.91 Å². The number of ether oxygens (including phenoxy) is 1. The molecule has 0 aromatic heterocycles. The van der Waals surface area contributed by atoms with Crippen LogP contribution in [0.25, 0.3) is 0 Å². The van der Waals surface area contributed by atoms with E-state index in [1.54, 1.807) is 0 Å². The fourth-order valence-corrected chi connectivity index (χ4v) is 1.13. The van der Waals surface area contributed by atoms with Gasteiger partial charge in [-0.25, -0.2) is 5.32 Å². The number of amides is 1. The van der Waals surface area contributed by atoms with Crippen LogP contribution < -0.4 is 10.1 Å². The number of rotatable bonds is 0. The van der Waals surface area contributed by atoms with E-state index in [-0.39, 0.29) is 12.5 Å². The lowest BCUT2D eigenvalue weighted by Crippen LogP contribution is -2.18. The maximum atomic E-state index is 10.9. The summed E-state index contributed by atoms with van der Waals surface area (Å²) >= 11 is 0. The maximum Gasteiger partial charge on any atom is 0.279 e. The van der Waals surface area contributed by atoms with Crippen molar-refractivity contribution in [2.75, 3.05) is 6.61 Å². The SMILES string of the molecule is O=C1COc2ccccc2C[N]1. The molecule has 0 aliphatic carbocycles. The molecule has 2 rings (SSSR count). The average molecular weight is 162 g/mol. The van der Waals surface area contributed by atoms with Crippen LogP contribution in [0, 0.1) is 0 Å². The van der Waals surface area contributed by atoms with Crippen LogP contribution in [0.2, 0.25) is 0 Å². The predicted molar refractivity (Wildman–Crippen MR) is 42.8 cm³/mol. The van der Waals surface area contributed by atoms with E-state index in [1.165, 1.54) is 0 Å². The summed E-state index contributed by atoms with van der Waals surface area (Å²) in [5.74, 6) is 0.582. The molecule has 1 amide bonds. The van der Waals surface area contributed by atoms with Crippen molar-refractivity contribution in [1.82, 2.24) is 5.32 Å². The van der Waals surface area contributed by atoms with Gasteiger partial charge in [0.15, 0.2) is 6.61 Å². The summed E-state index contributed by atoms with van der Waals surface area (Å²) in [6.07, 6.45) is 0. The Balaban J connectivity index is 2.32. The molecule has 1 radical (unpaired) electrons. The lowest BCUT2D eigenvalue weighted by molar-refractivity contribution is -0.123. The predicted octanol–water partition coefficient (Wildman–Crippen LogP) is 0.710. The van der Waals surface area contributed by atoms with Gasteiger partial charge in [-0.05, 0) is 6.07 Å². The van der Waals surface area contributed by atoms with Gasteiger partial charge in [-0.2, -0.15) is 0 Å². The van der Waals surface area contributed by atoms with Crippen molar-refractivity contribution in [1.29, 1.82) is 0 Å². The minimum atomic E-state index is -0.189. The third-order valence-electron chi connectivity index (χ3n) is 1.75. The summed E-state index contributed by atoms with van der Waals surface area (Å²) in [5, 5.41) is 3.80. The number of carbonyl (C=O) groups is 1. The van der Waals surface area contributed by atoms with E-state index in [2.05, 4.69) is 5.32 Å². The Morgan fingerprint density at radius 3 is 3.08 bits per heavy atom. The molecule has 1 heterocycles. The number of fused-ring (bicyclic) bond motifs is 1. The van der Waals surface area contributed by atoms with Gasteiger partial charge < -0.3 is 4.74 Å². The molecule has 0 saturated heterocycles.